The van der Waals surface area contributed by atoms with Gasteiger partial charge >= 0.3 is 0 Å². The highest BCUT2D eigenvalue weighted by Gasteiger charge is 2.32. The van der Waals surface area contributed by atoms with Crippen LogP contribution in [-0.4, -0.2) is 18.5 Å². The second kappa shape index (κ2) is 4.89. The number of carbonyl (C=O) groups excluding carboxylic acids is 1. The number of hydrogen-bond donors (Lipinski definition) is 2. The molecule has 0 saturated carbocycles. The van der Waals surface area contributed by atoms with Crippen molar-refractivity contribution in [2.24, 2.45) is 11.5 Å². The molecule has 1 aromatic carbocycles. The van der Waals surface area contributed by atoms with Crippen LogP contribution >= 0.6 is 0 Å². The number of halogens is 2. The van der Waals surface area contributed by atoms with Gasteiger partial charge in [0.2, 0.25) is 5.91 Å². The van der Waals surface area contributed by atoms with E-state index < -0.39 is 23.6 Å². The van der Waals surface area contributed by atoms with Gasteiger partial charge in [0.15, 0.2) is 0 Å². The molecular formula is C12H15F2N3O. The molecule has 0 radical (unpaired) electrons. The molecule has 1 amide bonds. The summed E-state index contributed by atoms with van der Waals surface area (Å²) in [5, 5.41) is 0. The van der Waals surface area contributed by atoms with Crippen molar-refractivity contribution in [3.8, 4) is 0 Å². The number of primary amides is 1. The normalized spacial score (nSPS) is 19.3. The van der Waals surface area contributed by atoms with E-state index >= 15 is 0 Å². The standard InChI is InChI=1S/C12H15F2N3O/c13-8-4-7(6-15)5-9(14)11(8)17-3-1-2-10(17)12(16)18/h4-5,10H,1-3,6,15H2,(H2,16,18). The molecule has 1 aliphatic heterocycles. The first-order chi connectivity index (χ1) is 8.54. The molecule has 1 unspecified atom stereocenters. The summed E-state index contributed by atoms with van der Waals surface area (Å²) in [6.07, 6.45) is 1.21. The van der Waals surface area contributed by atoms with Crippen molar-refractivity contribution >= 4 is 11.6 Å². The Balaban J connectivity index is 2.41. The fraction of sp³-hybridized carbons (Fsp3) is 0.417. The van der Waals surface area contributed by atoms with E-state index in [-0.39, 0.29) is 12.2 Å². The maximum absolute atomic E-state index is 13.9. The molecule has 98 valence electrons. The summed E-state index contributed by atoms with van der Waals surface area (Å²) in [6.45, 7) is 0.483. The Kier molecular flexibility index (Phi) is 3.47. The quantitative estimate of drug-likeness (QED) is 0.842. The molecule has 18 heavy (non-hydrogen) atoms. The van der Waals surface area contributed by atoms with E-state index in [4.69, 9.17) is 11.5 Å². The third kappa shape index (κ3) is 2.15. The fourth-order valence-electron chi connectivity index (χ4n) is 2.34. The number of nitrogens with two attached hydrogens (primary N) is 2. The smallest absolute Gasteiger partial charge is 0.240 e. The van der Waals surface area contributed by atoms with E-state index in [1.165, 1.54) is 17.0 Å². The Bertz CT molecular complexity index is 455. The van der Waals surface area contributed by atoms with Crippen LogP contribution in [0, 0.1) is 11.6 Å². The van der Waals surface area contributed by atoms with Gasteiger partial charge in [-0.2, -0.15) is 0 Å². The summed E-state index contributed by atoms with van der Waals surface area (Å²) in [7, 11) is 0. The third-order valence-corrected chi connectivity index (χ3v) is 3.18. The number of anilines is 1. The van der Waals surface area contributed by atoms with Gasteiger partial charge in [0.25, 0.3) is 0 Å². The van der Waals surface area contributed by atoms with Crippen molar-refractivity contribution < 1.29 is 13.6 Å². The molecule has 0 spiro atoms. The fourth-order valence-corrected chi connectivity index (χ4v) is 2.34. The van der Waals surface area contributed by atoms with Gasteiger partial charge in [-0.1, -0.05) is 0 Å². The Morgan fingerprint density at radius 3 is 2.50 bits per heavy atom. The predicted molar refractivity (Wildman–Crippen MR) is 63.8 cm³/mol. The highest BCUT2D eigenvalue weighted by Crippen LogP contribution is 2.31. The molecule has 1 aliphatic rings. The molecule has 1 fully saturated rings. The molecule has 0 bridgehead atoms. The molecule has 1 atom stereocenters. The molecule has 0 aromatic heterocycles. The maximum Gasteiger partial charge on any atom is 0.240 e. The molecule has 6 heteroatoms. The number of nitrogens with zero attached hydrogens (tertiary/aromatic N) is 1. The van der Waals surface area contributed by atoms with Gasteiger partial charge in [0.1, 0.15) is 23.4 Å². The molecule has 1 saturated heterocycles. The van der Waals surface area contributed by atoms with Crippen molar-refractivity contribution in [1.82, 2.24) is 0 Å². The lowest BCUT2D eigenvalue weighted by atomic mass is 10.1. The molecular weight excluding hydrogens is 240 g/mol. The van der Waals surface area contributed by atoms with Crippen LogP contribution in [0.4, 0.5) is 14.5 Å². The zero-order chi connectivity index (χ0) is 13.3. The van der Waals surface area contributed by atoms with Crippen molar-refractivity contribution in [2.75, 3.05) is 11.4 Å². The number of benzene rings is 1. The predicted octanol–water partition coefficient (Wildman–Crippen LogP) is 0.878. The number of rotatable bonds is 3. The van der Waals surface area contributed by atoms with Crippen LogP contribution in [0.3, 0.4) is 0 Å². The van der Waals surface area contributed by atoms with Gasteiger partial charge in [-0.05, 0) is 30.5 Å². The first kappa shape index (κ1) is 12.8. The van der Waals surface area contributed by atoms with Crippen LogP contribution in [0.1, 0.15) is 18.4 Å². The first-order valence-corrected chi connectivity index (χ1v) is 5.78. The van der Waals surface area contributed by atoms with Crippen LogP contribution in [0.2, 0.25) is 0 Å². The summed E-state index contributed by atoms with van der Waals surface area (Å²) in [5.74, 6) is -1.97. The van der Waals surface area contributed by atoms with E-state index in [1.54, 1.807) is 0 Å². The van der Waals surface area contributed by atoms with Crippen molar-refractivity contribution in [1.29, 1.82) is 0 Å². The summed E-state index contributed by atoms with van der Waals surface area (Å²) < 4.78 is 27.8. The van der Waals surface area contributed by atoms with Crippen molar-refractivity contribution in [3.05, 3.63) is 29.3 Å². The van der Waals surface area contributed by atoms with E-state index in [1.807, 2.05) is 0 Å². The van der Waals surface area contributed by atoms with Crippen LogP contribution in [-0.2, 0) is 11.3 Å². The van der Waals surface area contributed by atoms with Crippen LogP contribution in [0.5, 0.6) is 0 Å². The van der Waals surface area contributed by atoms with Crippen molar-refractivity contribution in [3.63, 3.8) is 0 Å². The molecule has 0 aliphatic carbocycles. The molecule has 2 rings (SSSR count). The number of hydrogen-bond acceptors (Lipinski definition) is 3. The lowest BCUT2D eigenvalue weighted by Gasteiger charge is -2.25. The molecule has 4 N–H and O–H groups in total. The van der Waals surface area contributed by atoms with Crippen LogP contribution in [0.25, 0.3) is 0 Å². The van der Waals surface area contributed by atoms with Gasteiger partial charge in [-0.15, -0.1) is 0 Å². The topological polar surface area (TPSA) is 72.3 Å². The van der Waals surface area contributed by atoms with E-state index in [0.29, 0.717) is 24.9 Å². The summed E-state index contributed by atoms with van der Waals surface area (Å²) in [5.41, 5.74) is 10.8. The second-order valence-electron chi connectivity index (χ2n) is 4.37. The third-order valence-electron chi connectivity index (χ3n) is 3.18. The van der Waals surface area contributed by atoms with E-state index in [2.05, 4.69) is 0 Å². The number of amides is 1. The highest BCUT2D eigenvalue weighted by molar-refractivity contribution is 5.84. The van der Waals surface area contributed by atoms with Crippen molar-refractivity contribution in [2.45, 2.75) is 25.4 Å². The summed E-state index contributed by atoms with van der Waals surface area (Å²) in [4.78, 5) is 12.6. The lowest BCUT2D eigenvalue weighted by molar-refractivity contribution is -0.119. The Morgan fingerprint density at radius 1 is 1.39 bits per heavy atom. The summed E-state index contributed by atoms with van der Waals surface area (Å²) >= 11 is 0. The van der Waals surface area contributed by atoms with Crippen LogP contribution < -0.4 is 16.4 Å². The highest BCUT2D eigenvalue weighted by atomic mass is 19.1. The minimum atomic E-state index is -0.705. The monoisotopic (exact) mass is 255 g/mol. The average Bonchev–Trinajstić information content (AvgIpc) is 2.77. The zero-order valence-corrected chi connectivity index (χ0v) is 9.83. The zero-order valence-electron chi connectivity index (χ0n) is 9.83. The largest absolute Gasteiger partial charge is 0.368 e. The maximum atomic E-state index is 13.9. The van der Waals surface area contributed by atoms with Gasteiger partial charge in [0, 0.05) is 13.1 Å². The molecule has 1 aromatic rings. The lowest BCUT2D eigenvalue weighted by Crippen LogP contribution is -2.41. The summed E-state index contributed by atoms with van der Waals surface area (Å²) in [6, 6.07) is 1.74. The van der Waals surface area contributed by atoms with Gasteiger partial charge < -0.3 is 16.4 Å². The second-order valence-corrected chi connectivity index (χ2v) is 4.37. The Hall–Kier alpha value is -1.69. The Labute approximate surface area is 104 Å². The minimum absolute atomic E-state index is 0.0629. The Morgan fingerprint density at radius 2 is 2.00 bits per heavy atom. The van der Waals surface area contributed by atoms with E-state index in [9.17, 15) is 13.6 Å². The van der Waals surface area contributed by atoms with Gasteiger partial charge in [0.05, 0.1) is 0 Å². The van der Waals surface area contributed by atoms with E-state index in [0.717, 1.165) is 0 Å². The minimum Gasteiger partial charge on any atom is -0.368 e. The number of carbonyl (C=O) groups is 1. The van der Waals surface area contributed by atoms with Gasteiger partial charge in [-0.3, -0.25) is 4.79 Å². The SMILES string of the molecule is NCc1cc(F)c(N2CCCC2C(N)=O)c(F)c1. The van der Waals surface area contributed by atoms with Crippen LogP contribution in [0.15, 0.2) is 12.1 Å². The average molecular weight is 255 g/mol. The molecule has 1 heterocycles. The molecule has 4 nitrogen and oxygen atoms in total. The van der Waals surface area contributed by atoms with Gasteiger partial charge in [-0.25, -0.2) is 8.78 Å². The first-order valence-electron chi connectivity index (χ1n) is 5.78.